The van der Waals surface area contributed by atoms with Gasteiger partial charge in [0.1, 0.15) is 11.6 Å². The fourth-order valence-corrected chi connectivity index (χ4v) is 5.24. The van der Waals surface area contributed by atoms with Gasteiger partial charge >= 0.3 is 0 Å². The molecule has 31 heavy (non-hydrogen) atoms. The number of nitrogens with zero attached hydrogens (tertiary/aromatic N) is 2. The zero-order valence-electron chi connectivity index (χ0n) is 18.8. The Kier molecular flexibility index (Phi) is 5.56. The van der Waals surface area contributed by atoms with E-state index >= 15 is 0 Å². The number of halogens is 1. The molecule has 0 spiro atoms. The molecule has 1 aromatic carbocycles. The van der Waals surface area contributed by atoms with E-state index in [1.807, 2.05) is 32.1 Å². The highest BCUT2D eigenvalue weighted by Crippen LogP contribution is 2.34. The minimum atomic E-state index is -0.721. The Balaban J connectivity index is 1.44. The number of hydrogen-bond donors (Lipinski definition) is 2. The highest BCUT2D eigenvalue weighted by Gasteiger charge is 2.46. The van der Waals surface area contributed by atoms with Gasteiger partial charge in [0.25, 0.3) is 0 Å². The van der Waals surface area contributed by atoms with Crippen LogP contribution in [0.15, 0.2) is 48.0 Å². The van der Waals surface area contributed by atoms with Gasteiger partial charge in [-0.15, -0.1) is 0 Å². The quantitative estimate of drug-likeness (QED) is 0.771. The van der Waals surface area contributed by atoms with Crippen molar-refractivity contribution in [3.05, 3.63) is 59.1 Å². The fraction of sp³-hybridized carbons (Fsp3) is 0.480. The normalized spacial score (nSPS) is 23.8. The van der Waals surface area contributed by atoms with Crippen LogP contribution in [0.2, 0.25) is 0 Å². The molecule has 1 aromatic rings. The lowest BCUT2D eigenvalue weighted by Gasteiger charge is -2.54. The van der Waals surface area contributed by atoms with E-state index < -0.39 is 5.54 Å². The Labute approximate surface area is 183 Å². The van der Waals surface area contributed by atoms with Crippen LogP contribution in [0, 0.1) is 0 Å². The molecule has 1 saturated heterocycles. The van der Waals surface area contributed by atoms with Crippen LogP contribution < -0.4 is 5.32 Å². The Hall–Kier alpha value is -2.44. The molecule has 0 saturated carbocycles. The first-order valence-electron chi connectivity index (χ1n) is 11.0. The molecular weight excluding hydrogens is 393 g/mol. The molecule has 2 aliphatic carbocycles. The average molecular weight is 426 g/mol. The van der Waals surface area contributed by atoms with Crippen molar-refractivity contribution in [1.82, 2.24) is 15.1 Å². The molecule has 1 aliphatic heterocycles. The number of amides is 1. The summed E-state index contributed by atoms with van der Waals surface area (Å²) in [6, 6.07) is 5.49. The van der Waals surface area contributed by atoms with Crippen LogP contribution in [0.3, 0.4) is 0 Å². The third-order valence-electron chi connectivity index (χ3n) is 6.80. The van der Waals surface area contributed by atoms with Crippen LogP contribution in [0.4, 0.5) is 4.39 Å². The van der Waals surface area contributed by atoms with Gasteiger partial charge in [-0.3, -0.25) is 14.6 Å². The molecule has 6 heteroatoms. The van der Waals surface area contributed by atoms with Gasteiger partial charge in [-0.1, -0.05) is 24.3 Å². The fourth-order valence-electron chi connectivity index (χ4n) is 5.24. The van der Waals surface area contributed by atoms with Crippen molar-refractivity contribution in [3.8, 4) is 5.75 Å². The average Bonchev–Trinajstić information content (AvgIpc) is 3.11. The number of nitrogens with one attached hydrogen (secondary N) is 1. The van der Waals surface area contributed by atoms with Crippen LogP contribution in [0.25, 0.3) is 6.08 Å². The van der Waals surface area contributed by atoms with Gasteiger partial charge < -0.3 is 10.4 Å². The second-order valence-corrected chi connectivity index (χ2v) is 9.91. The molecule has 0 radical (unpaired) electrons. The number of aromatic hydroxyl groups is 1. The molecule has 1 unspecified atom stereocenters. The molecule has 1 atom stereocenters. The summed E-state index contributed by atoms with van der Waals surface area (Å²) in [5.74, 6) is 0.126. The van der Waals surface area contributed by atoms with E-state index in [9.17, 15) is 14.3 Å². The maximum absolute atomic E-state index is 13.8. The summed E-state index contributed by atoms with van der Waals surface area (Å²) in [5.41, 5.74) is 1.63. The Morgan fingerprint density at radius 3 is 2.74 bits per heavy atom. The van der Waals surface area contributed by atoms with E-state index in [2.05, 4.69) is 35.0 Å². The molecule has 5 nitrogen and oxygen atoms in total. The molecule has 0 aromatic heterocycles. The molecule has 1 amide bonds. The highest BCUT2D eigenvalue weighted by atomic mass is 19.1. The van der Waals surface area contributed by atoms with Gasteiger partial charge in [0, 0.05) is 55.3 Å². The number of piperazine rings is 1. The summed E-state index contributed by atoms with van der Waals surface area (Å²) in [6.45, 7) is 10.5. The van der Waals surface area contributed by atoms with Crippen molar-refractivity contribution >= 4 is 12.0 Å². The van der Waals surface area contributed by atoms with Crippen LogP contribution in [-0.2, 0) is 11.2 Å². The summed E-state index contributed by atoms with van der Waals surface area (Å²) >= 11 is 0. The number of benzene rings is 1. The lowest BCUT2D eigenvalue weighted by atomic mass is 9.88. The van der Waals surface area contributed by atoms with Crippen molar-refractivity contribution in [2.75, 3.05) is 19.6 Å². The van der Waals surface area contributed by atoms with Crippen LogP contribution in [0.1, 0.15) is 45.2 Å². The first-order chi connectivity index (χ1) is 14.6. The predicted octanol–water partition coefficient (Wildman–Crippen LogP) is 3.76. The summed E-state index contributed by atoms with van der Waals surface area (Å²) in [7, 11) is 0. The third kappa shape index (κ3) is 4.19. The minimum absolute atomic E-state index is 0.0564. The summed E-state index contributed by atoms with van der Waals surface area (Å²) < 4.78 is 13.8. The summed E-state index contributed by atoms with van der Waals surface area (Å²) in [5, 5.41) is 13.2. The van der Waals surface area contributed by atoms with E-state index in [0.29, 0.717) is 12.8 Å². The molecule has 1 fully saturated rings. The number of allylic oxidation sites excluding steroid dienone is 3. The van der Waals surface area contributed by atoms with Crippen molar-refractivity contribution in [1.29, 1.82) is 0 Å². The third-order valence-corrected chi connectivity index (χ3v) is 6.80. The second-order valence-electron chi connectivity index (χ2n) is 9.91. The number of rotatable bonds is 4. The van der Waals surface area contributed by atoms with Gasteiger partial charge in [-0.05, 0) is 51.5 Å². The van der Waals surface area contributed by atoms with Crippen molar-refractivity contribution < 1.29 is 14.3 Å². The maximum Gasteiger partial charge on any atom is 0.244 e. The van der Waals surface area contributed by atoms with Crippen molar-refractivity contribution in [3.63, 3.8) is 0 Å². The van der Waals surface area contributed by atoms with Crippen LogP contribution in [-0.4, -0.2) is 57.6 Å². The number of carbonyl (C=O) groups excluding carboxylic acids is 1. The van der Waals surface area contributed by atoms with E-state index in [1.165, 1.54) is 6.08 Å². The zero-order valence-corrected chi connectivity index (χ0v) is 18.8. The zero-order chi connectivity index (χ0) is 22.4. The molecule has 2 N–H and O–H groups in total. The van der Waals surface area contributed by atoms with E-state index in [-0.39, 0.29) is 29.1 Å². The summed E-state index contributed by atoms with van der Waals surface area (Å²) in [6.07, 6.45) is 8.26. The molecule has 166 valence electrons. The van der Waals surface area contributed by atoms with E-state index in [0.717, 1.165) is 36.5 Å². The Morgan fingerprint density at radius 1 is 1.29 bits per heavy atom. The number of carbonyl (C=O) groups is 1. The standard InChI is InChI=1S/C25H32FN3O2/c1-24(2)16-28(20-9-6-8-18(26)14-20)11-12-29(24)25(3,4)23(31)27-19-13-17-7-5-10-22(30)21(17)15-19/h5-10,13,20,30H,11-12,14-16H2,1-4H3,(H,27,31). The van der Waals surface area contributed by atoms with Crippen LogP contribution in [0.5, 0.6) is 5.75 Å². The second kappa shape index (κ2) is 7.92. The Bertz CT molecular complexity index is 977. The minimum Gasteiger partial charge on any atom is -0.508 e. The molecule has 3 aliphatic rings. The van der Waals surface area contributed by atoms with Gasteiger partial charge in [0.15, 0.2) is 0 Å². The number of phenols is 1. The predicted molar refractivity (Wildman–Crippen MR) is 121 cm³/mol. The number of hydrogen-bond acceptors (Lipinski definition) is 4. The number of phenolic OH excluding ortho intramolecular Hbond substituents is 1. The highest BCUT2D eigenvalue weighted by molar-refractivity contribution is 5.88. The lowest BCUT2D eigenvalue weighted by molar-refractivity contribution is -0.139. The van der Waals surface area contributed by atoms with Gasteiger partial charge in [-0.25, -0.2) is 4.39 Å². The Morgan fingerprint density at radius 2 is 2.06 bits per heavy atom. The maximum atomic E-state index is 13.8. The SMILES string of the molecule is CC1(C)CN(C2C=CC=C(F)C2)CCN1C(C)(C)C(=O)NC1=Cc2cccc(O)c2C1. The molecule has 0 bridgehead atoms. The van der Waals surface area contributed by atoms with Crippen molar-refractivity contribution in [2.24, 2.45) is 0 Å². The van der Waals surface area contributed by atoms with Crippen molar-refractivity contribution in [2.45, 2.75) is 57.7 Å². The largest absolute Gasteiger partial charge is 0.508 e. The first-order valence-corrected chi connectivity index (χ1v) is 11.0. The van der Waals surface area contributed by atoms with Gasteiger partial charge in [0.2, 0.25) is 5.91 Å². The molecule has 1 heterocycles. The topological polar surface area (TPSA) is 55.8 Å². The lowest BCUT2D eigenvalue weighted by Crippen LogP contribution is -2.69. The van der Waals surface area contributed by atoms with E-state index in [4.69, 9.17) is 0 Å². The van der Waals surface area contributed by atoms with E-state index in [1.54, 1.807) is 12.1 Å². The van der Waals surface area contributed by atoms with Crippen LogP contribution >= 0.6 is 0 Å². The number of fused-ring (bicyclic) bond motifs is 1. The summed E-state index contributed by atoms with van der Waals surface area (Å²) in [4.78, 5) is 17.9. The first kappa shape index (κ1) is 21.8. The smallest absolute Gasteiger partial charge is 0.244 e. The van der Waals surface area contributed by atoms with Gasteiger partial charge in [-0.2, -0.15) is 0 Å². The van der Waals surface area contributed by atoms with Gasteiger partial charge in [0.05, 0.1) is 5.54 Å². The molecular formula is C25H32FN3O2. The monoisotopic (exact) mass is 425 g/mol. The molecule has 4 rings (SSSR count).